The lowest BCUT2D eigenvalue weighted by molar-refractivity contribution is -0.180. The fraction of sp³-hybridized carbons (Fsp3) is 0.920. The Bertz CT molecular complexity index is 469. The molecule has 0 aromatic rings. The van der Waals surface area contributed by atoms with Gasteiger partial charge in [0.2, 0.25) is 6.29 Å². The molecule has 0 bridgehead atoms. The first kappa shape index (κ1) is 27.9. The molecule has 2 atom stereocenters. The molecule has 2 unspecified atom stereocenters. The van der Waals surface area contributed by atoms with E-state index >= 15 is 0 Å². The van der Waals surface area contributed by atoms with Gasteiger partial charge in [0.25, 0.3) is 0 Å². The molecule has 0 spiro atoms. The zero-order chi connectivity index (χ0) is 22.7. The molecule has 1 fully saturated rings. The molecule has 0 aromatic heterocycles. The second kappa shape index (κ2) is 18.4. The predicted octanol–water partition coefficient (Wildman–Crippen LogP) is 5.62. The molecule has 0 aliphatic carbocycles. The molecule has 1 aliphatic rings. The molecule has 6 nitrogen and oxygen atoms in total. The van der Waals surface area contributed by atoms with Gasteiger partial charge in [-0.25, -0.2) is 0 Å². The van der Waals surface area contributed by atoms with Crippen molar-refractivity contribution in [3.8, 4) is 0 Å². The zero-order valence-electron chi connectivity index (χ0n) is 20.4. The minimum atomic E-state index is -0.488. The maximum absolute atomic E-state index is 12.0. The maximum atomic E-state index is 12.0. The molecule has 6 heteroatoms. The first-order valence-corrected chi connectivity index (χ1v) is 12.7. The van der Waals surface area contributed by atoms with Crippen LogP contribution < -0.4 is 0 Å². The molecule has 1 saturated heterocycles. The molecular formula is C25H47NO5. The van der Waals surface area contributed by atoms with Crippen LogP contribution in [0.25, 0.3) is 0 Å². The van der Waals surface area contributed by atoms with Crippen molar-refractivity contribution in [2.75, 3.05) is 27.2 Å². The van der Waals surface area contributed by atoms with Crippen LogP contribution in [0.5, 0.6) is 0 Å². The summed E-state index contributed by atoms with van der Waals surface area (Å²) in [6.07, 6.45) is 16.3. The van der Waals surface area contributed by atoms with Crippen molar-refractivity contribution in [3.63, 3.8) is 0 Å². The summed E-state index contributed by atoms with van der Waals surface area (Å²) in [5.74, 6) is -0.371. The Morgan fingerprint density at radius 1 is 0.806 bits per heavy atom. The molecule has 0 amide bonds. The van der Waals surface area contributed by atoms with Crippen LogP contribution in [-0.2, 0) is 23.8 Å². The van der Waals surface area contributed by atoms with Crippen molar-refractivity contribution in [1.82, 2.24) is 4.90 Å². The third-order valence-corrected chi connectivity index (χ3v) is 5.73. The van der Waals surface area contributed by atoms with Crippen LogP contribution in [0.4, 0.5) is 0 Å². The van der Waals surface area contributed by atoms with Crippen LogP contribution in [0.2, 0.25) is 0 Å². The van der Waals surface area contributed by atoms with E-state index in [4.69, 9.17) is 14.2 Å². The van der Waals surface area contributed by atoms with Crippen molar-refractivity contribution >= 4 is 11.9 Å². The highest BCUT2D eigenvalue weighted by Gasteiger charge is 2.28. The Hall–Kier alpha value is -1.14. The molecule has 182 valence electrons. The lowest BCUT2D eigenvalue weighted by Gasteiger charge is -2.15. The number of rotatable bonds is 19. The number of unbranched alkanes of at least 4 members (excludes halogenated alkanes) is 10. The summed E-state index contributed by atoms with van der Waals surface area (Å²) < 4.78 is 16.4. The van der Waals surface area contributed by atoms with Crippen molar-refractivity contribution in [2.24, 2.45) is 0 Å². The summed E-state index contributed by atoms with van der Waals surface area (Å²) in [4.78, 5) is 25.8. The molecule has 0 N–H and O–H groups in total. The fourth-order valence-corrected chi connectivity index (χ4v) is 3.82. The van der Waals surface area contributed by atoms with E-state index in [1.165, 1.54) is 57.8 Å². The SMILES string of the molecule is CCCCCCCCCCCCCC(=O)OC1CCC(COC(=O)CCCN(C)C)O1. The Morgan fingerprint density at radius 2 is 1.39 bits per heavy atom. The molecule has 0 radical (unpaired) electrons. The normalized spacial score (nSPS) is 18.5. The largest absolute Gasteiger partial charge is 0.463 e. The third-order valence-electron chi connectivity index (χ3n) is 5.73. The number of carbonyl (C=O) groups is 2. The van der Waals surface area contributed by atoms with E-state index in [0.717, 1.165) is 32.2 Å². The van der Waals surface area contributed by atoms with Gasteiger partial charge in [-0.3, -0.25) is 9.59 Å². The second-order valence-corrected chi connectivity index (χ2v) is 9.13. The van der Waals surface area contributed by atoms with Crippen LogP contribution in [0.15, 0.2) is 0 Å². The highest BCUT2D eigenvalue weighted by molar-refractivity contribution is 5.69. The van der Waals surface area contributed by atoms with Gasteiger partial charge in [0.05, 0.1) is 6.10 Å². The average Bonchev–Trinajstić information content (AvgIpc) is 3.17. The van der Waals surface area contributed by atoms with Gasteiger partial charge in [-0.1, -0.05) is 71.1 Å². The number of esters is 2. The van der Waals surface area contributed by atoms with E-state index < -0.39 is 6.29 Å². The minimum Gasteiger partial charge on any atom is -0.463 e. The monoisotopic (exact) mass is 441 g/mol. The predicted molar refractivity (Wildman–Crippen MR) is 124 cm³/mol. The van der Waals surface area contributed by atoms with Gasteiger partial charge in [-0.15, -0.1) is 0 Å². The highest BCUT2D eigenvalue weighted by Crippen LogP contribution is 2.22. The third kappa shape index (κ3) is 16.2. The zero-order valence-corrected chi connectivity index (χ0v) is 20.4. The van der Waals surface area contributed by atoms with E-state index in [0.29, 0.717) is 19.3 Å². The van der Waals surface area contributed by atoms with Gasteiger partial charge in [0.15, 0.2) is 0 Å². The van der Waals surface area contributed by atoms with Crippen molar-refractivity contribution in [1.29, 1.82) is 0 Å². The molecule has 0 aromatic carbocycles. The van der Waals surface area contributed by atoms with Crippen molar-refractivity contribution < 1.29 is 23.8 Å². The molecule has 0 saturated carbocycles. The van der Waals surface area contributed by atoms with E-state index in [2.05, 4.69) is 6.92 Å². The number of ether oxygens (including phenoxy) is 3. The van der Waals surface area contributed by atoms with Crippen LogP contribution in [0.3, 0.4) is 0 Å². The van der Waals surface area contributed by atoms with Crippen molar-refractivity contribution in [2.45, 2.75) is 122 Å². The number of hydrogen-bond acceptors (Lipinski definition) is 6. The number of nitrogens with zero attached hydrogens (tertiary/aromatic N) is 1. The number of carbonyl (C=O) groups excluding carboxylic acids is 2. The Balaban J connectivity index is 1.94. The fourth-order valence-electron chi connectivity index (χ4n) is 3.82. The molecule has 1 heterocycles. The van der Waals surface area contributed by atoms with Gasteiger partial charge in [-0.2, -0.15) is 0 Å². The summed E-state index contributed by atoms with van der Waals surface area (Å²) in [5, 5.41) is 0. The molecule has 1 rings (SSSR count). The molecule has 1 aliphatic heterocycles. The lowest BCUT2D eigenvalue weighted by Crippen LogP contribution is -2.23. The van der Waals surface area contributed by atoms with Crippen LogP contribution >= 0.6 is 0 Å². The van der Waals surface area contributed by atoms with Gasteiger partial charge >= 0.3 is 11.9 Å². The lowest BCUT2D eigenvalue weighted by atomic mass is 10.1. The summed E-state index contributed by atoms with van der Waals surface area (Å²) in [6, 6.07) is 0. The summed E-state index contributed by atoms with van der Waals surface area (Å²) in [6.45, 7) is 3.36. The Labute approximate surface area is 190 Å². The quantitative estimate of drug-likeness (QED) is 0.191. The average molecular weight is 442 g/mol. The van der Waals surface area contributed by atoms with Crippen LogP contribution in [0, 0.1) is 0 Å². The minimum absolute atomic E-state index is 0.169. The van der Waals surface area contributed by atoms with E-state index in [-0.39, 0.29) is 24.6 Å². The van der Waals surface area contributed by atoms with Gasteiger partial charge in [-0.05, 0) is 39.9 Å². The second-order valence-electron chi connectivity index (χ2n) is 9.13. The standard InChI is InChI=1S/C25H47NO5/c1-4-5-6-7-8-9-10-11-12-13-14-16-24(28)31-25-19-18-22(30-25)21-29-23(27)17-15-20-26(2)3/h22,25H,4-21H2,1-3H3. The Kier molecular flexibility index (Phi) is 16.6. The van der Waals surface area contributed by atoms with E-state index in [9.17, 15) is 9.59 Å². The summed E-state index contributed by atoms with van der Waals surface area (Å²) in [7, 11) is 3.97. The summed E-state index contributed by atoms with van der Waals surface area (Å²) >= 11 is 0. The van der Waals surface area contributed by atoms with Gasteiger partial charge in [0, 0.05) is 19.3 Å². The van der Waals surface area contributed by atoms with Crippen LogP contribution in [0.1, 0.15) is 110 Å². The first-order chi connectivity index (χ1) is 15.0. The van der Waals surface area contributed by atoms with Crippen LogP contribution in [-0.4, -0.2) is 56.5 Å². The highest BCUT2D eigenvalue weighted by atomic mass is 16.7. The molecular weight excluding hydrogens is 394 g/mol. The topological polar surface area (TPSA) is 65.1 Å². The maximum Gasteiger partial charge on any atom is 0.308 e. The Morgan fingerprint density at radius 3 is 2.00 bits per heavy atom. The number of hydrogen-bond donors (Lipinski definition) is 0. The summed E-state index contributed by atoms with van der Waals surface area (Å²) in [5.41, 5.74) is 0. The van der Waals surface area contributed by atoms with Gasteiger partial charge < -0.3 is 19.1 Å². The smallest absolute Gasteiger partial charge is 0.308 e. The molecule has 31 heavy (non-hydrogen) atoms. The first-order valence-electron chi connectivity index (χ1n) is 12.7. The van der Waals surface area contributed by atoms with Crippen molar-refractivity contribution in [3.05, 3.63) is 0 Å². The van der Waals surface area contributed by atoms with Gasteiger partial charge in [0.1, 0.15) is 6.61 Å². The van der Waals surface area contributed by atoms with E-state index in [1.54, 1.807) is 0 Å². The van der Waals surface area contributed by atoms with E-state index in [1.807, 2.05) is 19.0 Å².